The number of rotatable bonds is 6. The highest BCUT2D eigenvalue weighted by molar-refractivity contribution is 7.89. The van der Waals surface area contributed by atoms with Crippen LogP contribution >= 0.6 is 0 Å². The fourth-order valence-electron chi connectivity index (χ4n) is 2.71. The second-order valence-corrected chi connectivity index (χ2v) is 8.09. The van der Waals surface area contributed by atoms with E-state index >= 15 is 0 Å². The van der Waals surface area contributed by atoms with Crippen LogP contribution in [0, 0.1) is 6.92 Å². The van der Waals surface area contributed by atoms with Crippen molar-refractivity contribution in [3.05, 3.63) is 23.8 Å². The van der Waals surface area contributed by atoms with E-state index in [9.17, 15) is 8.42 Å². The van der Waals surface area contributed by atoms with E-state index < -0.39 is 10.0 Å². The van der Waals surface area contributed by atoms with Gasteiger partial charge in [0.1, 0.15) is 5.75 Å². The maximum absolute atomic E-state index is 12.8. The fraction of sp³-hybridized carbons (Fsp3) is 0.625. The predicted octanol–water partition coefficient (Wildman–Crippen LogP) is 0.872. The van der Waals surface area contributed by atoms with Crippen LogP contribution in [0.15, 0.2) is 23.1 Å². The predicted molar refractivity (Wildman–Crippen MR) is 91.5 cm³/mol. The lowest BCUT2D eigenvalue weighted by Crippen LogP contribution is -2.49. The maximum Gasteiger partial charge on any atom is 0.243 e. The smallest absolute Gasteiger partial charge is 0.243 e. The number of ether oxygens (including phenoxy) is 1. The Kier molecular flexibility index (Phi) is 6.02. The molecule has 1 fully saturated rings. The Morgan fingerprint density at radius 3 is 2.35 bits per heavy atom. The van der Waals surface area contributed by atoms with Crippen molar-refractivity contribution in [1.29, 1.82) is 0 Å². The van der Waals surface area contributed by atoms with Gasteiger partial charge in [0.2, 0.25) is 10.0 Å². The molecule has 23 heavy (non-hydrogen) atoms. The van der Waals surface area contributed by atoms with Crippen molar-refractivity contribution in [3.8, 4) is 5.75 Å². The maximum atomic E-state index is 12.8. The van der Waals surface area contributed by atoms with Crippen LogP contribution in [0.3, 0.4) is 0 Å². The Hall–Kier alpha value is -1.15. The van der Waals surface area contributed by atoms with E-state index in [4.69, 9.17) is 4.74 Å². The number of aryl methyl sites for hydroxylation is 1. The zero-order valence-corrected chi connectivity index (χ0v) is 15.3. The molecule has 2 rings (SSSR count). The SMILES string of the molecule is COc1ccc(S(=O)(=O)N2CCN(CCN(C)C)CC2)c(C)c1. The molecule has 0 radical (unpaired) electrons. The third-order valence-electron chi connectivity index (χ3n) is 4.19. The van der Waals surface area contributed by atoms with Crippen LogP contribution < -0.4 is 4.74 Å². The first-order chi connectivity index (χ1) is 10.8. The molecule has 0 aliphatic carbocycles. The van der Waals surface area contributed by atoms with Gasteiger partial charge in [-0.05, 0) is 44.8 Å². The quantitative estimate of drug-likeness (QED) is 0.769. The van der Waals surface area contributed by atoms with Crippen molar-refractivity contribution in [2.24, 2.45) is 0 Å². The fourth-order valence-corrected chi connectivity index (χ4v) is 4.34. The molecule has 0 spiro atoms. The summed E-state index contributed by atoms with van der Waals surface area (Å²) in [6.45, 7) is 6.42. The van der Waals surface area contributed by atoms with Crippen LogP contribution in [0.2, 0.25) is 0 Å². The average molecular weight is 341 g/mol. The van der Waals surface area contributed by atoms with E-state index in [0.29, 0.717) is 23.7 Å². The number of sulfonamides is 1. The molecule has 7 heteroatoms. The van der Waals surface area contributed by atoms with Crippen molar-refractivity contribution in [3.63, 3.8) is 0 Å². The van der Waals surface area contributed by atoms with Gasteiger partial charge in [-0.1, -0.05) is 0 Å². The molecule has 0 bridgehead atoms. The first kappa shape index (κ1) is 18.2. The highest BCUT2D eigenvalue weighted by atomic mass is 32.2. The van der Waals surface area contributed by atoms with E-state index in [1.165, 1.54) is 0 Å². The third kappa shape index (κ3) is 4.44. The second kappa shape index (κ2) is 7.61. The van der Waals surface area contributed by atoms with Gasteiger partial charge in [0.05, 0.1) is 12.0 Å². The zero-order chi connectivity index (χ0) is 17.0. The van der Waals surface area contributed by atoms with E-state index in [0.717, 1.165) is 31.7 Å². The molecule has 1 aliphatic heterocycles. The molecule has 0 unspecified atom stereocenters. The van der Waals surface area contributed by atoms with Gasteiger partial charge in [-0.15, -0.1) is 0 Å². The number of hydrogen-bond acceptors (Lipinski definition) is 5. The Balaban J connectivity index is 2.04. The molecule has 0 atom stereocenters. The van der Waals surface area contributed by atoms with Crippen LogP contribution in [0.1, 0.15) is 5.56 Å². The van der Waals surface area contributed by atoms with Crippen molar-refractivity contribution < 1.29 is 13.2 Å². The Morgan fingerprint density at radius 1 is 1.17 bits per heavy atom. The summed E-state index contributed by atoms with van der Waals surface area (Å²) in [7, 11) is 2.25. The minimum absolute atomic E-state index is 0.375. The third-order valence-corrected chi connectivity index (χ3v) is 6.25. The number of likely N-dealkylation sites (N-methyl/N-ethyl adjacent to an activating group) is 1. The van der Waals surface area contributed by atoms with Gasteiger partial charge < -0.3 is 9.64 Å². The van der Waals surface area contributed by atoms with Gasteiger partial charge in [-0.3, -0.25) is 4.90 Å². The molecule has 1 heterocycles. The summed E-state index contributed by atoms with van der Waals surface area (Å²) in [5.41, 5.74) is 0.722. The molecule has 0 aromatic heterocycles. The van der Waals surface area contributed by atoms with Gasteiger partial charge in [-0.25, -0.2) is 8.42 Å². The molecule has 1 aliphatic rings. The minimum atomic E-state index is -3.43. The van der Waals surface area contributed by atoms with E-state index in [1.54, 1.807) is 29.6 Å². The summed E-state index contributed by atoms with van der Waals surface area (Å²) in [6.07, 6.45) is 0. The van der Waals surface area contributed by atoms with Gasteiger partial charge in [0.15, 0.2) is 0 Å². The number of benzene rings is 1. The number of methoxy groups -OCH3 is 1. The highest BCUT2D eigenvalue weighted by Gasteiger charge is 2.29. The Labute approximate surface area is 139 Å². The van der Waals surface area contributed by atoms with Gasteiger partial charge in [0.25, 0.3) is 0 Å². The molecular formula is C16H27N3O3S. The summed E-state index contributed by atoms with van der Waals surface area (Å²) in [4.78, 5) is 4.83. The monoisotopic (exact) mass is 341 g/mol. The Morgan fingerprint density at radius 2 is 1.83 bits per heavy atom. The van der Waals surface area contributed by atoms with Crippen molar-refractivity contribution in [2.75, 3.05) is 60.5 Å². The van der Waals surface area contributed by atoms with E-state index in [-0.39, 0.29) is 0 Å². The van der Waals surface area contributed by atoms with Crippen LogP contribution in [0.5, 0.6) is 5.75 Å². The standard InChI is InChI=1S/C16H27N3O3S/c1-14-13-15(22-4)5-6-16(14)23(20,21)19-11-9-18(10-12-19)8-7-17(2)3/h5-6,13H,7-12H2,1-4H3. The molecule has 0 saturated carbocycles. The normalized spacial score (nSPS) is 17.6. The van der Waals surface area contributed by atoms with Crippen molar-refractivity contribution in [1.82, 2.24) is 14.1 Å². The average Bonchev–Trinajstić information content (AvgIpc) is 2.52. The topological polar surface area (TPSA) is 53.1 Å². The molecule has 1 aromatic carbocycles. The van der Waals surface area contributed by atoms with E-state index in [2.05, 4.69) is 9.80 Å². The first-order valence-electron chi connectivity index (χ1n) is 7.86. The largest absolute Gasteiger partial charge is 0.497 e. The lowest BCUT2D eigenvalue weighted by atomic mass is 10.2. The van der Waals surface area contributed by atoms with Crippen LogP contribution in [-0.4, -0.2) is 83.0 Å². The van der Waals surface area contributed by atoms with Crippen molar-refractivity contribution >= 4 is 10.0 Å². The molecular weight excluding hydrogens is 314 g/mol. The summed E-state index contributed by atoms with van der Waals surface area (Å²) < 4.78 is 32.4. The summed E-state index contributed by atoms with van der Waals surface area (Å²) in [5, 5.41) is 0. The number of nitrogens with zero attached hydrogens (tertiary/aromatic N) is 3. The molecule has 1 aromatic rings. The minimum Gasteiger partial charge on any atom is -0.497 e. The molecule has 1 saturated heterocycles. The van der Waals surface area contributed by atoms with Crippen LogP contribution in [0.25, 0.3) is 0 Å². The lowest BCUT2D eigenvalue weighted by molar-refractivity contribution is 0.174. The van der Waals surface area contributed by atoms with Gasteiger partial charge in [-0.2, -0.15) is 4.31 Å². The lowest BCUT2D eigenvalue weighted by Gasteiger charge is -2.34. The van der Waals surface area contributed by atoms with Gasteiger partial charge in [0, 0.05) is 39.3 Å². The summed E-state index contributed by atoms with van der Waals surface area (Å²) >= 11 is 0. The van der Waals surface area contributed by atoms with Crippen LogP contribution in [-0.2, 0) is 10.0 Å². The van der Waals surface area contributed by atoms with Gasteiger partial charge >= 0.3 is 0 Å². The number of piperazine rings is 1. The summed E-state index contributed by atoms with van der Waals surface area (Å²) in [5.74, 6) is 0.676. The number of hydrogen-bond donors (Lipinski definition) is 0. The molecule has 0 amide bonds. The Bertz CT molecular complexity index is 623. The second-order valence-electron chi connectivity index (χ2n) is 6.18. The molecule has 0 N–H and O–H groups in total. The first-order valence-corrected chi connectivity index (χ1v) is 9.30. The van der Waals surface area contributed by atoms with Crippen molar-refractivity contribution in [2.45, 2.75) is 11.8 Å². The van der Waals surface area contributed by atoms with E-state index in [1.807, 2.05) is 21.0 Å². The molecule has 130 valence electrons. The van der Waals surface area contributed by atoms with Crippen LogP contribution in [0.4, 0.5) is 0 Å². The molecule has 6 nitrogen and oxygen atoms in total. The summed E-state index contributed by atoms with van der Waals surface area (Å²) in [6, 6.07) is 5.11. The highest BCUT2D eigenvalue weighted by Crippen LogP contribution is 2.24. The zero-order valence-electron chi connectivity index (χ0n) is 14.4.